The molecule has 1 aromatic rings. The molecule has 0 aromatic carbocycles. The summed E-state index contributed by atoms with van der Waals surface area (Å²) in [4.78, 5) is 18.4. The first-order valence-corrected chi connectivity index (χ1v) is 6.67. The number of methoxy groups -OCH3 is 1. The number of carbonyl (C=O) groups excluding carboxylic acids is 1. The molecule has 0 bridgehead atoms. The number of rotatable bonds is 8. The normalized spacial score (nSPS) is 14.6. The monoisotopic (exact) mass is 266 g/mol. The molecule has 0 spiro atoms. The van der Waals surface area contributed by atoms with E-state index in [1.165, 1.54) is 0 Å². The Labute approximate surface area is 113 Å². The second-order valence-corrected chi connectivity index (χ2v) is 4.88. The maximum absolute atomic E-state index is 12.2. The van der Waals surface area contributed by atoms with E-state index >= 15 is 0 Å². The first kappa shape index (κ1) is 14.0. The number of nitrogens with zero attached hydrogens (tertiary/aromatic N) is 3. The molecule has 0 atom stereocenters. The van der Waals surface area contributed by atoms with Crippen LogP contribution >= 0.6 is 0 Å². The van der Waals surface area contributed by atoms with Crippen LogP contribution in [0.3, 0.4) is 0 Å². The fourth-order valence-electron chi connectivity index (χ4n) is 1.98. The third-order valence-electron chi connectivity index (χ3n) is 3.30. The van der Waals surface area contributed by atoms with Crippen molar-refractivity contribution in [3.8, 4) is 0 Å². The summed E-state index contributed by atoms with van der Waals surface area (Å²) in [6, 6.07) is 0.397. The van der Waals surface area contributed by atoms with E-state index in [1.807, 2.05) is 22.7 Å². The summed E-state index contributed by atoms with van der Waals surface area (Å²) in [6.07, 6.45) is 5.88. The average molecular weight is 266 g/mol. The highest BCUT2D eigenvalue weighted by molar-refractivity contribution is 5.78. The smallest absolute Gasteiger partial charge is 0.237 e. The van der Waals surface area contributed by atoms with Crippen LogP contribution in [0.15, 0.2) is 12.4 Å². The van der Waals surface area contributed by atoms with Crippen molar-refractivity contribution >= 4 is 5.91 Å². The lowest BCUT2D eigenvalue weighted by Gasteiger charge is -2.22. The van der Waals surface area contributed by atoms with Crippen molar-refractivity contribution in [1.82, 2.24) is 19.8 Å². The van der Waals surface area contributed by atoms with Gasteiger partial charge in [-0.15, -0.1) is 0 Å². The molecule has 6 heteroatoms. The molecule has 2 rings (SSSR count). The van der Waals surface area contributed by atoms with Gasteiger partial charge in [-0.3, -0.25) is 4.79 Å². The van der Waals surface area contributed by atoms with Crippen LogP contribution in [0.1, 0.15) is 18.7 Å². The largest absolute Gasteiger partial charge is 0.383 e. The van der Waals surface area contributed by atoms with Gasteiger partial charge in [0.2, 0.25) is 5.91 Å². The summed E-state index contributed by atoms with van der Waals surface area (Å²) in [7, 11) is 3.61. The Morgan fingerprint density at radius 2 is 2.42 bits per heavy atom. The van der Waals surface area contributed by atoms with Crippen molar-refractivity contribution in [1.29, 1.82) is 0 Å². The second kappa shape index (κ2) is 6.68. The van der Waals surface area contributed by atoms with Gasteiger partial charge in [0.25, 0.3) is 0 Å². The molecular weight excluding hydrogens is 244 g/mol. The number of hydrogen-bond donors (Lipinski definition) is 1. The predicted octanol–water partition coefficient (Wildman–Crippen LogP) is 0.147. The van der Waals surface area contributed by atoms with Crippen LogP contribution in [0, 0.1) is 0 Å². The molecule has 1 aromatic heterocycles. The van der Waals surface area contributed by atoms with Gasteiger partial charge in [-0.05, 0) is 12.8 Å². The molecule has 1 amide bonds. The summed E-state index contributed by atoms with van der Waals surface area (Å²) >= 11 is 0. The van der Waals surface area contributed by atoms with Crippen LogP contribution in [-0.2, 0) is 23.1 Å². The van der Waals surface area contributed by atoms with Gasteiger partial charge in [0.1, 0.15) is 5.82 Å². The number of aryl methyl sites for hydroxylation is 1. The summed E-state index contributed by atoms with van der Waals surface area (Å²) < 4.78 is 6.90. The first-order valence-electron chi connectivity index (χ1n) is 6.67. The van der Waals surface area contributed by atoms with Crippen molar-refractivity contribution in [2.45, 2.75) is 25.4 Å². The maximum atomic E-state index is 12.2. The summed E-state index contributed by atoms with van der Waals surface area (Å²) in [5.74, 6) is 1.07. The minimum absolute atomic E-state index is 0.140. The fraction of sp³-hybridized carbons (Fsp3) is 0.692. The number of nitrogens with one attached hydrogen (secondary N) is 1. The Bertz CT molecular complexity index is 415. The Balaban J connectivity index is 1.85. The lowest BCUT2D eigenvalue weighted by Crippen LogP contribution is -2.40. The van der Waals surface area contributed by atoms with Crippen molar-refractivity contribution in [3.05, 3.63) is 18.2 Å². The zero-order chi connectivity index (χ0) is 13.7. The molecule has 0 saturated heterocycles. The average Bonchev–Trinajstić information content (AvgIpc) is 3.16. The van der Waals surface area contributed by atoms with Crippen LogP contribution in [-0.4, -0.2) is 53.2 Å². The van der Waals surface area contributed by atoms with E-state index in [1.54, 1.807) is 13.3 Å². The highest BCUT2D eigenvalue weighted by atomic mass is 16.5. The van der Waals surface area contributed by atoms with E-state index in [0.717, 1.165) is 18.7 Å². The minimum Gasteiger partial charge on any atom is -0.383 e. The van der Waals surface area contributed by atoms with E-state index < -0.39 is 0 Å². The zero-order valence-electron chi connectivity index (χ0n) is 11.6. The van der Waals surface area contributed by atoms with Crippen LogP contribution in [0.5, 0.6) is 0 Å². The Morgan fingerprint density at radius 1 is 1.63 bits per heavy atom. The molecule has 106 valence electrons. The van der Waals surface area contributed by atoms with Gasteiger partial charge < -0.3 is 19.5 Å². The Hall–Kier alpha value is -1.40. The number of hydrogen-bond acceptors (Lipinski definition) is 4. The van der Waals surface area contributed by atoms with Gasteiger partial charge in [-0.2, -0.15) is 0 Å². The molecule has 1 saturated carbocycles. The van der Waals surface area contributed by atoms with E-state index in [9.17, 15) is 4.79 Å². The van der Waals surface area contributed by atoms with Crippen LogP contribution in [0.4, 0.5) is 0 Å². The number of carbonyl (C=O) groups is 1. The molecule has 1 aliphatic carbocycles. The number of imidazole rings is 1. The standard InChI is InChI=1S/C13H22N4O2/c1-16-7-5-15-12(16)10-17(11-3-4-11)13(18)9-14-6-8-19-2/h5,7,11,14H,3-4,6,8-10H2,1-2H3. The highest BCUT2D eigenvalue weighted by Crippen LogP contribution is 2.28. The predicted molar refractivity (Wildman–Crippen MR) is 71.5 cm³/mol. The van der Waals surface area contributed by atoms with Crippen molar-refractivity contribution in [2.24, 2.45) is 7.05 Å². The number of amides is 1. The number of ether oxygens (including phenoxy) is 1. The Kier molecular flexibility index (Phi) is 4.93. The molecule has 1 heterocycles. The minimum atomic E-state index is 0.140. The van der Waals surface area contributed by atoms with Gasteiger partial charge in [0.15, 0.2) is 0 Å². The molecule has 0 radical (unpaired) electrons. The topological polar surface area (TPSA) is 59.4 Å². The van der Waals surface area contributed by atoms with Gasteiger partial charge in [0, 0.05) is 39.1 Å². The molecule has 1 N–H and O–H groups in total. The lowest BCUT2D eigenvalue weighted by molar-refractivity contribution is -0.131. The highest BCUT2D eigenvalue weighted by Gasteiger charge is 2.32. The molecule has 1 aliphatic rings. The van der Waals surface area contributed by atoms with E-state index in [-0.39, 0.29) is 5.91 Å². The maximum Gasteiger partial charge on any atom is 0.237 e. The van der Waals surface area contributed by atoms with E-state index in [2.05, 4.69) is 10.3 Å². The third kappa shape index (κ3) is 4.04. The molecular formula is C13H22N4O2. The van der Waals surface area contributed by atoms with Crippen LogP contribution in [0.2, 0.25) is 0 Å². The molecule has 0 aliphatic heterocycles. The number of aromatic nitrogens is 2. The first-order chi connectivity index (χ1) is 9.22. The van der Waals surface area contributed by atoms with Crippen LogP contribution in [0.25, 0.3) is 0 Å². The third-order valence-corrected chi connectivity index (χ3v) is 3.30. The summed E-state index contributed by atoms with van der Waals surface area (Å²) in [6.45, 7) is 2.28. The van der Waals surface area contributed by atoms with Gasteiger partial charge in [-0.1, -0.05) is 0 Å². The Morgan fingerprint density at radius 3 is 3.00 bits per heavy atom. The zero-order valence-corrected chi connectivity index (χ0v) is 11.6. The van der Waals surface area contributed by atoms with Gasteiger partial charge in [-0.25, -0.2) is 4.98 Å². The quantitative estimate of drug-likeness (QED) is 0.680. The fourth-order valence-corrected chi connectivity index (χ4v) is 1.98. The van der Waals surface area contributed by atoms with Gasteiger partial charge >= 0.3 is 0 Å². The van der Waals surface area contributed by atoms with Crippen LogP contribution < -0.4 is 5.32 Å². The molecule has 1 fully saturated rings. The van der Waals surface area contributed by atoms with E-state index in [0.29, 0.717) is 32.3 Å². The summed E-state index contributed by atoms with van der Waals surface area (Å²) in [5, 5.41) is 3.10. The van der Waals surface area contributed by atoms with E-state index in [4.69, 9.17) is 4.74 Å². The SMILES string of the molecule is COCCNCC(=O)N(Cc1nccn1C)C1CC1. The van der Waals surface area contributed by atoms with Crippen molar-refractivity contribution in [3.63, 3.8) is 0 Å². The second-order valence-electron chi connectivity index (χ2n) is 4.88. The molecule has 6 nitrogen and oxygen atoms in total. The lowest BCUT2D eigenvalue weighted by atomic mass is 10.4. The van der Waals surface area contributed by atoms with Crippen molar-refractivity contribution in [2.75, 3.05) is 26.8 Å². The summed E-state index contributed by atoms with van der Waals surface area (Å²) in [5.41, 5.74) is 0. The molecule has 0 unspecified atom stereocenters. The van der Waals surface area contributed by atoms with Gasteiger partial charge in [0.05, 0.1) is 19.7 Å². The van der Waals surface area contributed by atoms with Crippen molar-refractivity contribution < 1.29 is 9.53 Å². The molecule has 19 heavy (non-hydrogen) atoms.